The molecule has 164 valence electrons. The smallest absolute Gasteiger partial charge is 0.325 e. The van der Waals surface area contributed by atoms with Crippen LogP contribution in [0, 0.1) is 5.92 Å². The van der Waals surface area contributed by atoms with E-state index in [0.717, 1.165) is 41.0 Å². The van der Waals surface area contributed by atoms with E-state index in [1.807, 2.05) is 54.8 Å². The van der Waals surface area contributed by atoms with Crippen LogP contribution in [-0.4, -0.2) is 46.3 Å². The number of amides is 4. The van der Waals surface area contributed by atoms with Gasteiger partial charge in [0.1, 0.15) is 12.1 Å². The summed E-state index contributed by atoms with van der Waals surface area (Å²) in [6.07, 6.45) is 4.27. The number of carbonyl (C=O) groups excluding carboxylic acids is 3. The van der Waals surface area contributed by atoms with Crippen molar-refractivity contribution in [1.82, 2.24) is 15.1 Å². The van der Waals surface area contributed by atoms with Crippen LogP contribution >= 0.6 is 11.3 Å². The molecule has 1 aromatic carbocycles. The van der Waals surface area contributed by atoms with Gasteiger partial charge in [0.25, 0.3) is 5.91 Å². The van der Waals surface area contributed by atoms with Crippen molar-refractivity contribution in [3.8, 4) is 0 Å². The first kappa shape index (κ1) is 21.6. The van der Waals surface area contributed by atoms with Crippen molar-refractivity contribution >= 4 is 29.2 Å². The Hall–Kier alpha value is -2.67. The Morgan fingerprint density at radius 3 is 2.71 bits per heavy atom. The summed E-state index contributed by atoms with van der Waals surface area (Å²) in [5.74, 6) is -0.358. The molecular formula is C24H29N3O3S. The first-order chi connectivity index (χ1) is 15.0. The molecule has 1 aliphatic carbocycles. The highest BCUT2D eigenvalue weighted by molar-refractivity contribution is 7.09. The first-order valence-corrected chi connectivity index (χ1v) is 11.9. The third kappa shape index (κ3) is 4.51. The Bertz CT molecular complexity index is 931. The third-order valence-electron chi connectivity index (χ3n) is 6.59. The molecule has 2 aliphatic rings. The van der Waals surface area contributed by atoms with Crippen molar-refractivity contribution in [2.45, 2.75) is 51.1 Å². The van der Waals surface area contributed by atoms with Crippen LogP contribution in [0.4, 0.5) is 4.79 Å². The van der Waals surface area contributed by atoms with Crippen LogP contribution in [0.25, 0.3) is 0 Å². The largest absolute Gasteiger partial charge is 0.336 e. The van der Waals surface area contributed by atoms with Gasteiger partial charge in [0.2, 0.25) is 5.91 Å². The molecule has 6 nitrogen and oxygen atoms in total. The number of hydrogen-bond donors (Lipinski definition) is 1. The van der Waals surface area contributed by atoms with E-state index in [2.05, 4.69) is 5.32 Å². The molecule has 2 atom stereocenters. The summed E-state index contributed by atoms with van der Waals surface area (Å²) in [7, 11) is 0. The molecule has 2 heterocycles. The maximum Gasteiger partial charge on any atom is 0.325 e. The summed E-state index contributed by atoms with van der Waals surface area (Å²) in [5, 5.41) is 4.92. The molecule has 2 unspecified atom stereocenters. The normalized spacial score (nSPS) is 23.3. The van der Waals surface area contributed by atoms with Crippen molar-refractivity contribution in [3.63, 3.8) is 0 Å². The van der Waals surface area contributed by atoms with Gasteiger partial charge in [-0.05, 0) is 42.2 Å². The van der Waals surface area contributed by atoms with Crippen molar-refractivity contribution in [3.05, 3.63) is 58.3 Å². The van der Waals surface area contributed by atoms with Gasteiger partial charge in [-0.15, -0.1) is 11.3 Å². The summed E-state index contributed by atoms with van der Waals surface area (Å²) in [5.41, 5.74) is 0.314. The summed E-state index contributed by atoms with van der Waals surface area (Å²) in [6, 6.07) is 13.5. The Labute approximate surface area is 187 Å². The minimum atomic E-state index is -0.835. The molecule has 4 amide bonds. The van der Waals surface area contributed by atoms with Crippen LogP contribution in [0.2, 0.25) is 0 Å². The number of benzene rings is 1. The number of nitrogens with zero attached hydrogens (tertiary/aromatic N) is 2. The summed E-state index contributed by atoms with van der Waals surface area (Å²) >= 11 is 1.60. The van der Waals surface area contributed by atoms with E-state index in [4.69, 9.17) is 0 Å². The SMILES string of the molecule is CC1CCCCC12NC(=O)N(CC(=O)N(CCc1ccccc1)Cc1cccs1)C2=O. The Balaban J connectivity index is 1.47. The van der Waals surface area contributed by atoms with Gasteiger partial charge in [-0.2, -0.15) is 0 Å². The molecule has 1 aromatic heterocycles. The van der Waals surface area contributed by atoms with E-state index in [1.54, 1.807) is 16.2 Å². The molecule has 7 heteroatoms. The Morgan fingerprint density at radius 1 is 1.19 bits per heavy atom. The molecule has 0 radical (unpaired) electrons. The van der Waals surface area contributed by atoms with Crippen LogP contribution in [0.5, 0.6) is 0 Å². The monoisotopic (exact) mass is 439 g/mol. The summed E-state index contributed by atoms with van der Waals surface area (Å²) in [6.45, 7) is 2.82. The minimum absolute atomic E-state index is 0.0816. The molecule has 1 saturated carbocycles. The summed E-state index contributed by atoms with van der Waals surface area (Å²) < 4.78 is 0. The molecule has 2 fully saturated rings. The minimum Gasteiger partial charge on any atom is -0.336 e. The highest BCUT2D eigenvalue weighted by atomic mass is 32.1. The van der Waals surface area contributed by atoms with Gasteiger partial charge in [-0.3, -0.25) is 14.5 Å². The lowest BCUT2D eigenvalue weighted by molar-refractivity contribution is -0.140. The lowest BCUT2D eigenvalue weighted by Gasteiger charge is -2.36. The van der Waals surface area contributed by atoms with Crippen LogP contribution in [0.1, 0.15) is 43.0 Å². The first-order valence-electron chi connectivity index (χ1n) is 11.0. The number of imide groups is 1. The van der Waals surface area contributed by atoms with Gasteiger partial charge in [-0.1, -0.05) is 56.2 Å². The predicted octanol–water partition coefficient (Wildman–Crippen LogP) is 3.82. The fourth-order valence-electron chi connectivity index (χ4n) is 4.67. The van der Waals surface area contributed by atoms with Gasteiger partial charge in [0, 0.05) is 11.4 Å². The zero-order valence-electron chi connectivity index (χ0n) is 17.9. The van der Waals surface area contributed by atoms with E-state index in [0.29, 0.717) is 19.5 Å². The molecule has 0 bridgehead atoms. The number of hydrogen-bond acceptors (Lipinski definition) is 4. The fourth-order valence-corrected chi connectivity index (χ4v) is 5.39. The van der Waals surface area contributed by atoms with E-state index in [-0.39, 0.29) is 24.3 Å². The maximum atomic E-state index is 13.2. The average molecular weight is 440 g/mol. The Kier molecular flexibility index (Phi) is 6.41. The van der Waals surface area contributed by atoms with Crippen LogP contribution in [0.15, 0.2) is 47.8 Å². The second kappa shape index (κ2) is 9.22. The number of urea groups is 1. The van der Waals surface area contributed by atoms with Crippen LogP contribution in [-0.2, 0) is 22.6 Å². The Morgan fingerprint density at radius 2 is 2.00 bits per heavy atom. The topological polar surface area (TPSA) is 69.7 Å². The van der Waals surface area contributed by atoms with E-state index in [1.165, 1.54) is 0 Å². The molecule has 1 aliphatic heterocycles. The number of carbonyl (C=O) groups is 3. The van der Waals surface area contributed by atoms with E-state index in [9.17, 15) is 14.4 Å². The third-order valence-corrected chi connectivity index (χ3v) is 7.45. The van der Waals surface area contributed by atoms with E-state index >= 15 is 0 Å². The van der Waals surface area contributed by atoms with E-state index < -0.39 is 11.6 Å². The molecule has 31 heavy (non-hydrogen) atoms. The average Bonchev–Trinajstić information content (AvgIpc) is 3.37. The van der Waals surface area contributed by atoms with Crippen molar-refractivity contribution < 1.29 is 14.4 Å². The predicted molar refractivity (Wildman–Crippen MR) is 120 cm³/mol. The standard InChI is InChI=1S/C24H29N3O3S/c1-18-8-5-6-13-24(18)22(29)27(23(30)25-24)17-21(28)26(16-20-11-7-15-31-20)14-12-19-9-3-2-4-10-19/h2-4,7,9-11,15,18H,5-6,8,12-14,16-17H2,1H3,(H,25,30). The highest BCUT2D eigenvalue weighted by Gasteiger charge is 2.55. The second-order valence-corrected chi connectivity index (χ2v) is 9.60. The molecule has 1 N–H and O–H groups in total. The lowest BCUT2D eigenvalue weighted by Crippen LogP contribution is -2.54. The van der Waals surface area contributed by atoms with Gasteiger partial charge < -0.3 is 10.2 Å². The zero-order chi connectivity index (χ0) is 21.8. The second-order valence-electron chi connectivity index (χ2n) is 8.57. The van der Waals surface area contributed by atoms with Crippen molar-refractivity contribution in [2.75, 3.05) is 13.1 Å². The van der Waals surface area contributed by atoms with Gasteiger partial charge >= 0.3 is 6.03 Å². The number of nitrogens with one attached hydrogen (secondary N) is 1. The number of thiophene rings is 1. The molecule has 2 aromatic rings. The zero-order valence-corrected chi connectivity index (χ0v) is 18.7. The van der Waals surface area contributed by atoms with Crippen LogP contribution in [0.3, 0.4) is 0 Å². The number of rotatable bonds is 7. The van der Waals surface area contributed by atoms with Gasteiger partial charge in [-0.25, -0.2) is 4.79 Å². The highest BCUT2D eigenvalue weighted by Crippen LogP contribution is 2.38. The lowest BCUT2D eigenvalue weighted by atomic mass is 9.73. The fraction of sp³-hybridized carbons (Fsp3) is 0.458. The maximum absolute atomic E-state index is 13.2. The van der Waals surface area contributed by atoms with Gasteiger partial charge in [0.05, 0.1) is 6.54 Å². The van der Waals surface area contributed by atoms with Crippen LogP contribution < -0.4 is 5.32 Å². The molecular weight excluding hydrogens is 410 g/mol. The van der Waals surface area contributed by atoms with Gasteiger partial charge in [0.15, 0.2) is 0 Å². The molecule has 1 saturated heterocycles. The molecule has 4 rings (SSSR count). The van der Waals surface area contributed by atoms with Crippen molar-refractivity contribution in [1.29, 1.82) is 0 Å². The molecule has 1 spiro atoms. The van der Waals surface area contributed by atoms with Crippen molar-refractivity contribution in [2.24, 2.45) is 5.92 Å². The quantitative estimate of drug-likeness (QED) is 0.667. The summed E-state index contributed by atoms with van der Waals surface area (Å²) in [4.78, 5) is 43.1.